The van der Waals surface area contributed by atoms with Gasteiger partial charge in [-0.2, -0.15) is 10.4 Å². The lowest BCUT2D eigenvalue weighted by atomic mass is 10.2. The van der Waals surface area contributed by atoms with Crippen LogP contribution in [0.3, 0.4) is 0 Å². The van der Waals surface area contributed by atoms with Crippen LogP contribution in [0.1, 0.15) is 18.1 Å². The van der Waals surface area contributed by atoms with Gasteiger partial charge in [-0.15, -0.1) is 0 Å². The second-order valence-corrected chi connectivity index (χ2v) is 4.99. The maximum absolute atomic E-state index is 8.70. The number of benzene rings is 1. The Balaban J connectivity index is 1.72. The van der Waals surface area contributed by atoms with Crippen LogP contribution in [-0.4, -0.2) is 22.4 Å². The number of rotatable bonds is 7. The van der Waals surface area contributed by atoms with E-state index in [0.717, 1.165) is 25.4 Å². The van der Waals surface area contributed by atoms with Crippen molar-refractivity contribution in [1.29, 1.82) is 5.26 Å². The number of nitriles is 1. The smallest absolute Gasteiger partial charge is 0.181 e. The van der Waals surface area contributed by atoms with Gasteiger partial charge < -0.3 is 10.1 Å². The van der Waals surface area contributed by atoms with E-state index in [-0.39, 0.29) is 0 Å². The average molecular weight is 284 g/mol. The zero-order valence-electron chi connectivity index (χ0n) is 12.4. The molecule has 1 aromatic carbocycles. The molecule has 0 radical (unpaired) electrons. The van der Waals surface area contributed by atoms with Gasteiger partial charge in [0.1, 0.15) is 11.8 Å². The van der Waals surface area contributed by atoms with Crippen molar-refractivity contribution in [2.45, 2.75) is 33.0 Å². The molecule has 0 amide bonds. The van der Waals surface area contributed by atoms with Gasteiger partial charge in [0.05, 0.1) is 12.7 Å². The van der Waals surface area contributed by atoms with Crippen LogP contribution in [0, 0.1) is 18.3 Å². The second kappa shape index (κ2) is 7.46. The molecule has 0 bridgehead atoms. The number of hydrogen-bond donors (Lipinski definition) is 1. The third-order valence-corrected chi connectivity index (χ3v) is 3.03. The number of hydrogen-bond acceptors (Lipinski definition) is 4. The first kappa shape index (κ1) is 15.1. The van der Waals surface area contributed by atoms with Crippen LogP contribution >= 0.6 is 0 Å². The maximum Gasteiger partial charge on any atom is 0.181 e. The fourth-order valence-electron chi connectivity index (χ4n) is 1.93. The fourth-order valence-corrected chi connectivity index (χ4v) is 1.93. The maximum atomic E-state index is 8.70. The normalized spacial score (nSPS) is 11.9. The summed E-state index contributed by atoms with van der Waals surface area (Å²) in [6.45, 7) is 6.29. The zero-order chi connectivity index (χ0) is 15.1. The number of nitrogens with zero attached hydrogens (tertiary/aromatic N) is 3. The lowest BCUT2D eigenvalue weighted by Crippen LogP contribution is -2.19. The molecule has 0 unspecified atom stereocenters. The molecule has 1 atom stereocenters. The van der Waals surface area contributed by atoms with E-state index >= 15 is 0 Å². The topological polar surface area (TPSA) is 62.9 Å². The number of aromatic nitrogens is 2. The summed E-state index contributed by atoms with van der Waals surface area (Å²) >= 11 is 0. The van der Waals surface area contributed by atoms with E-state index in [2.05, 4.69) is 10.4 Å². The predicted octanol–water partition coefficient (Wildman–Crippen LogP) is 2.27. The van der Waals surface area contributed by atoms with Gasteiger partial charge in [-0.3, -0.25) is 4.68 Å². The summed E-state index contributed by atoms with van der Waals surface area (Å²) in [5, 5.41) is 16.3. The molecule has 0 fully saturated rings. The zero-order valence-corrected chi connectivity index (χ0v) is 12.4. The minimum absolute atomic E-state index is 0.425. The molecule has 21 heavy (non-hydrogen) atoms. The summed E-state index contributed by atoms with van der Waals surface area (Å²) < 4.78 is 7.34. The molecule has 1 heterocycles. The van der Waals surface area contributed by atoms with Crippen LogP contribution in [0.4, 0.5) is 0 Å². The first-order chi connectivity index (χ1) is 10.2. The van der Waals surface area contributed by atoms with Gasteiger partial charge in [0, 0.05) is 19.3 Å². The molecule has 0 saturated carbocycles. The molecule has 0 aliphatic rings. The largest absolute Gasteiger partial charge is 0.476 e. The predicted molar refractivity (Wildman–Crippen MR) is 80.8 cm³/mol. The molecule has 5 heteroatoms. The van der Waals surface area contributed by atoms with Crippen molar-refractivity contribution in [3.05, 3.63) is 47.8 Å². The molecule has 1 aromatic heterocycles. The van der Waals surface area contributed by atoms with Crippen molar-refractivity contribution in [3.63, 3.8) is 0 Å². The molecule has 110 valence electrons. The minimum atomic E-state index is -0.425. The highest BCUT2D eigenvalue weighted by Crippen LogP contribution is 2.13. The lowest BCUT2D eigenvalue weighted by molar-refractivity contribution is 0.276. The highest BCUT2D eigenvalue weighted by atomic mass is 16.5. The summed E-state index contributed by atoms with van der Waals surface area (Å²) in [4.78, 5) is 0. The van der Waals surface area contributed by atoms with Gasteiger partial charge in [-0.25, -0.2) is 0 Å². The van der Waals surface area contributed by atoms with Crippen molar-refractivity contribution in [2.75, 3.05) is 6.54 Å². The second-order valence-electron chi connectivity index (χ2n) is 4.99. The third kappa shape index (κ3) is 4.93. The lowest BCUT2D eigenvalue weighted by Gasteiger charge is -2.09. The quantitative estimate of drug-likeness (QED) is 0.792. The van der Waals surface area contributed by atoms with E-state index in [1.54, 1.807) is 6.92 Å². The monoisotopic (exact) mass is 284 g/mol. The third-order valence-electron chi connectivity index (χ3n) is 3.03. The van der Waals surface area contributed by atoms with E-state index in [1.165, 1.54) is 11.1 Å². The molecule has 1 N–H and O–H groups in total. The van der Waals surface area contributed by atoms with Crippen LogP contribution < -0.4 is 10.1 Å². The van der Waals surface area contributed by atoms with E-state index < -0.39 is 6.10 Å². The van der Waals surface area contributed by atoms with Gasteiger partial charge in [0.2, 0.25) is 0 Å². The Morgan fingerprint density at radius 1 is 1.38 bits per heavy atom. The Morgan fingerprint density at radius 2 is 2.14 bits per heavy atom. The van der Waals surface area contributed by atoms with Crippen LogP contribution in [0.5, 0.6) is 5.75 Å². The number of ether oxygens (including phenoxy) is 1. The molecular weight excluding hydrogens is 264 g/mol. The van der Waals surface area contributed by atoms with E-state index in [1.807, 2.05) is 54.3 Å². The van der Waals surface area contributed by atoms with Crippen molar-refractivity contribution < 1.29 is 4.74 Å². The summed E-state index contributed by atoms with van der Waals surface area (Å²) in [6, 6.07) is 9.83. The Kier molecular flexibility index (Phi) is 5.35. The van der Waals surface area contributed by atoms with E-state index in [9.17, 15) is 0 Å². The Labute approximate surface area is 125 Å². The molecule has 5 nitrogen and oxygen atoms in total. The van der Waals surface area contributed by atoms with Gasteiger partial charge in [0.15, 0.2) is 6.10 Å². The Bertz CT molecular complexity index is 597. The molecular formula is C16H20N4O. The van der Waals surface area contributed by atoms with E-state index in [4.69, 9.17) is 10.00 Å². The standard InChI is InChI=1S/C16H20N4O/c1-13-10-19-20(12-13)8-7-18-11-15-3-5-16(6-4-15)21-14(2)9-17/h3-6,10,12,14,18H,7-8,11H2,1-2H3/t14-/m0/s1. The Morgan fingerprint density at radius 3 is 2.76 bits per heavy atom. The molecule has 0 spiro atoms. The summed E-state index contributed by atoms with van der Waals surface area (Å²) in [5.41, 5.74) is 2.36. The van der Waals surface area contributed by atoms with Crippen LogP contribution in [0.2, 0.25) is 0 Å². The number of aryl methyl sites for hydroxylation is 1. The summed E-state index contributed by atoms with van der Waals surface area (Å²) in [6.07, 6.45) is 3.47. The van der Waals surface area contributed by atoms with Gasteiger partial charge >= 0.3 is 0 Å². The number of nitrogens with one attached hydrogen (secondary N) is 1. The van der Waals surface area contributed by atoms with Gasteiger partial charge in [-0.05, 0) is 37.1 Å². The van der Waals surface area contributed by atoms with Crippen LogP contribution in [0.25, 0.3) is 0 Å². The molecule has 0 aliphatic carbocycles. The first-order valence-corrected chi connectivity index (χ1v) is 7.02. The highest BCUT2D eigenvalue weighted by Gasteiger charge is 2.01. The fraction of sp³-hybridized carbons (Fsp3) is 0.375. The Hall–Kier alpha value is -2.32. The van der Waals surface area contributed by atoms with Crippen molar-refractivity contribution in [3.8, 4) is 11.8 Å². The van der Waals surface area contributed by atoms with Crippen molar-refractivity contribution in [1.82, 2.24) is 15.1 Å². The van der Waals surface area contributed by atoms with E-state index in [0.29, 0.717) is 0 Å². The van der Waals surface area contributed by atoms with Crippen LogP contribution in [-0.2, 0) is 13.1 Å². The SMILES string of the molecule is Cc1cnn(CCNCc2ccc(O[C@@H](C)C#N)cc2)c1. The summed E-state index contributed by atoms with van der Waals surface area (Å²) in [7, 11) is 0. The van der Waals surface area contributed by atoms with Crippen molar-refractivity contribution >= 4 is 0 Å². The van der Waals surface area contributed by atoms with Crippen molar-refractivity contribution in [2.24, 2.45) is 0 Å². The molecule has 2 aromatic rings. The minimum Gasteiger partial charge on any atom is -0.476 e. The van der Waals surface area contributed by atoms with Crippen LogP contribution in [0.15, 0.2) is 36.7 Å². The average Bonchev–Trinajstić information content (AvgIpc) is 2.91. The first-order valence-electron chi connectivity index (χ1n) is 7.02. The molecule has 0 aliphatic heterocycles. The highest BCUT2D eigenvalue weighted by molar-refractivity contribution is 5.27. The van der Waals surface area contributed by atoms with Gasteiger partial charge in [-0.1, -0.05) is 12.1 Å². The molecule has 2 rings (SSSR count). The summed E-state index contributed by atoms with van der Waals surface area (Å²) in [5.74, 6) is 0.722. The molecule has 0 saturated heterocycles. The van der Waals surface area contributed by atoms with Gasteiger partial charge in [0.25, 0.3) is 0 Å².